The van der Waals surface area contributed by atoms with E-state index in [1.165, 1.54) is 0 Å². The Morgan fingerprint density at radius 1 is 0.784 bits per heavy atom. The van der Waals surface area contributed by atoms with Crippen molar-refractivity contribution in [2.24, 2.45) is 23.1 Å². The van der Waals surface area contributed by atoms with Gasteiger partial charge in [-0.25, -0.2) is 4.79 Å². The highest BCUT2D eigenvalue weighted by Gasteiger charge is 2.31. The Labute approximate surface area is 219 Å². The number of carboxylic acids is 1. The molecule has 0 spiro atoms. The van der Waals surface area contributed by atoms with Crippen molar-refractivity contribution in [3.63, 3.8) is 0 Å². The van der Waals surface area contributed by atoms with Crippen molar-refractivity contribution in [1.82, 2.24) is 16.0 Å². The van der Waals surface area contributed by atoms with E-state index in [-0.39, 0.29) is 18.8 Å². The highest BCUT2D eigenvalue weighted by molar-refractivity contribution is 5.94. The topological polar surface area (TPSA) is 203 Å². The van der Waals surface area contributed by atoms with Crippen molar-refractivity contribution in [2.45, 2.75) is 83.0 Å². The number of amides is 3. The van der Waals surface area contributed by atoms with E-state index < -0.39 is 47.9 Å². The molecule has 10 N–H and O–H groups in total. The molecule has 0 aliphatic rings. The molecule has 0 saturated heterocycles. The summed E-state index contributed by atoms with van der Waals surface area (Å²) in [6, 6.07) is 5.09. The van der Waals surface area contributed by atoms with Crippen LogP contribution in [0.5, 0.6) is 0 Å². The third-order valence-electron chi connectivity index (χ3n) is 6.03. The molecule has 0 bridgehead atoms. The average Bonchev–Trinajstić information content (AvgIpc) is 2.86. The first kappa shape index (κ1) is 32.0. The van der Waals surface area contributed by atoms with E-state index >= 15 is 0 Å². The van der Waals surface area contributed by atoms with Crippen LogP contribution in [0, 0.1) is 5.92 Å². The maximum atomic E-state index is 13.2. The zero-order valence-electron chi connectivity index (χ0n) is 21.9. The van der Waals surface area contributed by atoms with Crippen LogP contribution in [0.25, 0.3) is 0 Å². The summed E-state index contributed by atoms with van der Waals surface area (Å²) in [5.74, 6) is -3.07. The zero-order chi connectivity index (χ0) is 27.8. The summed E-state index contributed by atoms with van der Waals surface area (Å²) in [6.07, 6.45) is 3.43. The largest absolute Gasteiger partial charge is 0.480 e. The molecule has 208 valence electrons. The summed E-state index contributed by atoms with van der Waals surface area (Å²) < 4.78 is 0. The molecule has 4 unspecified atom stereocenters. The summed E-state index contributed by atoms with van der Waals surface area (Å²) >= 11 is 0. The van der Waals surface area contributed by atoms with Gasteiger partial charge in [0.25, 0.3) is 0 Å². The smallest absolute Gasteiger partial charge is 0.326 e. The Bertz CT molecular complexity index is 851. The number of hydrogen-bond donors (Lipinski definition) is 7. The molecule has 4 atom stereocenters. The third-order valence-corrected chi connectivity index (χ3v) is 6.03. The van der Waals surface area contributed by atoms with Gasteiger partial charge in [-0.3, -0.25) is 14.4 Å². The summed E-state index contributed by atoms with van der Waals surface area (Å²) in [4.78, 5) is 50.7. The van der Waals surface area contributed by atoms with Crippen LogP contribution in [0.1, 0.15) is 57.9 Å². The Kier molecular flexibility index (Phi) is 15.1. The number of aliphatic carboxylic acids is 1. The van der Waals surface area contributed by atoms with E-state index in [2.05, 4.69) is 16.0 Å². The summed E-state index contributed by atoms with van der Waals surface area (Å²) in [7, 11) is 0. The minimum Gasteiger partial charge on any atom is -0.480 e. The van der Waals surface area contributed by atoms with Crippen LogP contribution in [0.15, 0.2) is 30.3 Å². The van der Waals surface area contributed by atoms with Gasteiger partial charge in [0.1, 0.15) is 18.1 Å². The zero-order valence-corrected chi connectivity index (χ0v) is 21.9. The van der Waals surface area contributed by atoms with Gasteiger partial charge in [-0.05, 0) is 56.7 Å². The lowest BCUT2D eigenvalue weighted by atomic mass is 10.0. The number of carboxylic acid groups (broad SMARTS) is 1. The number of hydrogen-bond acceptors (Lipinski definition) is 7. The Balaban J connectivity index is 2.93. The van der Waals surface area contributed by atoms with Gasteiger partial charge in [0, 0.05) is 6.42 Å². The van der Waals surface area contributed by atoms with Crippen LogP contribution < -0.4 is 33.2 Å². The van der Waals surface area contributed by atoms with Crippen molar-refractivity contribution in [2.75, 3.05) is 13.1 Å². The lowest BCUT2D eigenvalue weighted by molar-refractivity contribution is -0.142. The normalized spacial score (nSPS) is 14.3. The Morgan fingerprint density at radius 3 is 1.89 bits per heavy atom. The Morgan fingerprint density at radius 2 is 1.35 bits per heavy atom. The molecular formula is C26H44N6O5. The minimum absolute atomic E-state index is 0.0953. The third kappa shape index (κ3) is 12.2. The summed E-state index contributed by atoms with van der Waals surface area (Å²) in [6.45, 7) is 4.47. The fourth-order valence-electron chi connectivity index (χ4n) is 3.78. The van der Waals surface area contributed by atoms with Crippen molar-refractivity contribution in [1.29, 1.82) is 0 Å². The highest BCUT2D eigenvalue weighted by Crippen LogP contribution is 2.09. The van der Waals surface area contributed by atoms with Gasteiger partial charge in [0.15, 0.2) is 0 Å². The molecule has 0 aromatic heterocycles. The maximum Gasteiger partial charge on any atom is 0.326 e. The molecule has 11 heteroatoms. The molecule has 37 heavy (non-hydrogen) atoms. The average molecular weight is 521 g/mol. The first-order valence-electron chi connectivity index (χ1n) is 12.9. The van der Waals surface area contributed by atoms with Gasteiger partial charge in [0.2, 0.25) is 17.7 Å². The fraction of sp³-hybridized carbons (Fsp3) is 0.615. The highest BCUT2D eigenvalue weighted by atomic mass is 16.4. The monoisotopic (exact) mass is 520 g/mol. The SMILES string of the molecule is CC(C)C(NC(=O)C(N)CCCCN)C(=O)NC(CCCCN)C(=O)NC(Cc1ccccc1)C(=O)O. The number of carbonyl (C=O) groups is 4. The van der Waals surface area contributed by atoms with Gasteiger partial charge in [-0.15, -0.1) is 0 Å². The molecule has 1 aromatic carbocycles. The van der Waals surface area contributed by atoms with Gasteiger partial charge in [-0.2, -0.15) is 0 Å². The first-order valence-corrected chi connectivity index (χ1v) is 12.9. The summed E-state index contributed by atoms with van der Waals surface area (Å²) in [5, 5.41) is 17.6. The van der Waals surface area contributed by atoms with Gasteiger partial charge in [0.05, 0.1) is 6.04 Å². The van der Waals surface area contributed by atoms with Crippen molar-refractivity contribution in [3.05, 3.63) is 35.9 Å². The molecule has 1 aromatic rings. The predicted molar refractivity (Wildman–Crippen MR) is 142 cm³/mol. The van der Waals surface area contributed by atoms with Crippen LogP contribution >= 0.6 is 0 Å². The molecule has 0 fully saturated rings. The summed E-state index contributed by atoms with van der Waals surface area (Å²) in [5.41, 5.74) is 17.8. The number of carbonyl (C=O) groups excluding carboxylic acids is 3. The van der Waals surface area contributed by atoms with Crippen LogP contribution in [-0.2, 0) is 25.6 Å². The lowest BCUT2D eigenvalue weighted by Gasteiger charge is -2.27. The number of nitrogens with two attached hydrogens (primary N) is 3. The quantitative estimate of drug-likeness (QED) is 0.131. The molecule has 3 amide bonds. The van der Waals surface area contributed by atoms with Gasteiger partial charge < -0.3 is 38.3 Å². The predicted octanol–water partition coefficient (Wildman–Crippen LogP) is 0.00940. The second-order valence-electron chi connectivity index (χ2n) is 9.56. The van der Waals surface area contributed by atoms with E-state index in [1.807, 2.05) is 6.07 Å². The van der Waals surface area contributed by atoms with E-state index in [0.717, 1.165) is 12.0 Å². The molecule has 0 radical (unpaired) electrons. The van der Waals surface area contributed by atoms with Crippen molar-refractivity contribution in [3.8, 4) is 0 Å². The standard InChI is InChI=1S/C26H44N6O5/c1-17(2)22(32-23(33)19(29)12-6-8-14-27)25(35)30-20(13-7-9-15-28)24(34)31-21(26(36)37)16-18-10-4-3-5-11-18/h3-5,10-11,17,19-22H,6-9,12-16,27-29H2,1-2H3,(H,30,35)(H,31,34)(H,32,33)(H,36,37). The molecule has 0 aliphatic carbocycles. The number of rotatable bonds is 18. The van der Waals surface area contributed by atoms with Crippen LogP contribution in [0.3, 0.4) is 0 Å². The van der Waals surface area contributed by atoms with Gasteiger partial charge in [-0.1, -0.05) is 50.6 Å². The van der Waals surface area contributed by atoms with E-state index in [9.17, 15) is 24.3 Å². The van der Waals surface area contributed by atoms with Crippen LogP contribution in [-0.4, -0.2) is 66.1 Å². The van der Waals surface area contributed by atoms with Gasteiger partial charge >= 0.3 is 5.97 Å². The second kappa shape index (κ2) is 17.4. The molecule has 0 saturated carbocycles. The second-order valence-corrected chi connectivity index (χ2v) is 9.56. The molecule has 11 nitrogen and oxygen atoms in total. The molecule has 1 rings (SSSR count). The minimum atomic E-state index is -1.18. The fourth-order valence-corrected chi connectivity index (χ4v) is 3.78. The van der Waals surface area contributed by atoms with Crippen LogP contribution in [0.2, 0.25) is 0 Å². The molecule has 0 heterocycles. The maximum absolute atomic E-state index is 13.2. The van der Waals surface area contributed by atoms with Crippen molar-refractivity contribution >= 4 is 23.7 Å². The number of nitrogens with one attached hydrogen (secondary N) is 3. The van der Waals surface area contributed by atoms with E-state index in [1.54, 1.807) is 38.1 Å². The number of unbranched alkanes of at least 4 members (excludes halogenated alkanes) is 2. The molecule has 0 aliphatic heterocycles. The van der Waals surface area contributed by atoms with Crippen LogP contribution in [0.4, 0.5) is 0 Å². The Hall–Kier alpha value is -3.02. The van der Waals surface area contributed by atoms with E-state index in [4.69, 9.17) is 17.2 Å². The lowest BCUT2D eigenvalue weighted by Crippen LogP contribution is -2.58. The van der Waals surface area contributed by atoms with Crippen molar-refractivity contribution < 1.29 is 24.3 Å². The first-order chi connectivity index (χ1) is 17.6. The van der Waals surface area contributed by atoms with E-state index in [0.29, 0.717) is 38.8 Å². The number of benzene rings is 1. The molecular weight excluding hydrogens is 476 g/mol.